The maximum atomic E-state index is 13.8. The summed E-state index contributed by atoms with van der Waals surface area (Å²) in [6, 6.07) is 24.0. The Morgan fingerprint density at radius 2 is 1.71 bits per heavy atom. The van der Waals surface area contributed by atoms with Crippen LogP contribution in [-0.2, 0) is 11.2 Å². The van der Waals surface area contributed by atoms with E-state index in [1.54, 1.807) is 16.2 Å². The van der Waals surface area contributed by atoms with E-state index in [1.165, 1.54) is 16.0 Å². The molecule has 1 unspecified atom stereocenters. The first-order chi connectivity index (χ1) is 16.9. The minimum absolute atomic E-state index is 0.0158. The number of rotatable bonds is 5. The number of hydrogen-bond donors (Lipinski definition) is 0. The van der Waals surface area contributed by atoms with Gasteiger partial charge in [0.15, 0.2) is 0 Å². The zero-order valence-corrected chi connectivity index (χ0v) is 21.2. The highest BCUT2D eigenvalue weighted by Gasteiger charge is 2.35. The van der Waals surface area contributed by atoms with Gasteiger partial charge in [-0.1, -0.05) is 54.6 Å². The molecule has 5 rings (SSSR count). The summed E-state index contributed by atoms with van der Waals surface area (Å²) in [6.45, 7) is 6.76. The summed E-state index contributed by atoms with van der Waals surface area (Å²) in [6.07, 6.45) is 0.849. The van der Waals surface area contributed by atoms with Gasteiger partial charge < -0.3 is 9.80 Å². The Bertz CT molecular complexity index is 1390. The van der Waals surface area contributed by atoms with Crippen LogP contribution in [0.2, 0.25) is 0 Å². The second-order valence-corrected chi connectivity index (χ2v) is 10.5. The minimum Gasteiger partial charge on any atom is -0.330 e. The Morgan fingerprint density at radius 1 is 0.971 bits per heavy atom. The van der Waals surface area contributed by atoms with Gasteiger partial charge in [0, 0.05) is 23.0 Å². The molecule has 0 fully saturated rings. The molecule has 4 nitrogen and oxygen atoms in total. The van der Waals surface area contributed by atoms with Crippen molar-refractivity contribution in [3.05, 3.63) is 105 Å². The molecule has 5 heteroatoms. The summed E-state index contributed by atoms with van der Waals surface area (Å²) >= 11 is 1.76. The quantitative estimate of drug-likeness (QED) is 0.338. The highest BCUT2D eigenvalue weighted by molar-refractivity contribution is 7.10. The van der Waals surface area contributed by atoms with Crippen molar-refractivity contribution in [1.82, 2.24) is 9.80 Å². The van der Waals surface area contributed by atoms with E-state index in [4.69, 9.17) is 0 Å². The van der Waals surface area contributed by atoms with Crippen molar-refractivity contribution in [3.63, 3.8) is 0 Å². The molecular weight excluding hydrogens is 452 g/mol. The number of nitrogens with zero attached hydrogens (tertiary/aromatic N) is 2. The van der Waals surface area contributed by atoms with E-state index in [2.05, 4.69) is 30.5 Å². The van der Waals surface area contributed by atoms with Gasteiger partial charge in [-0.25, -0.2) is 0 Å². The number of carbonyl (C=O) groups excluding carboxylic acids is 2. The normalized spacial score (nSPS) is 15.3. The lowest BCUT2D eigenvalue weighted by molar-refractivity contribution is -0.134. The Hall–Kier alpha value is -3.44. The van der Waals surface area contributed by atoms with Crippen LogP contribution in [0.3, 0.4) is 0 Å². The van der Waals surface area contributed by atoms with E-state index >= 15 is 0 Å². The number of benzene rings is 3. The Labute approximate surface area is 210 Å². The van der Waals surface area contributed by atoms with Crippen molar-refractivity contribution >= 4 is 33.9 Å². The highest BCUT2D eigenvalue weighted by Crippen LogP contribution is 2.39. The van der Waals surface area contributed by atoms with Gasteiger partial charge in [0.1, 0.15) is 6.54 Å². The van der Waals surface area contributed by atoms with E-state index in [-0.39, 0.29) is 30.4 Å². The molecule has 1 atom stereocenters. The van der Waals surface area contributed by atoms with Crippen LogP contribution in [0.1, 0.15) is 51.8 Å². The van der Waals surface area contributed by atoms with Crippen LogP contribution in [0.25, 0.3) is 10.8 Å². The summed E-state index contributed by atoms with van der Waals surface area (Å²) in [5.74, 6) is -0.127. The number of amides is 2. The van der Waals surface area contributed by atoms with E-state index in [9.17, 15) is 9.59 Å². The molecule has 1 aromatic heterocycles. The van der Waals surface area contributed by atoms with Crippen molar-refractivity contribution in [2.75, 3.05) is 13.1 Å². The van der Waals surface area contributed by atoms with Crippen LogP contribution < -0.4 is 0 Å². The number of thiophene rings is 1. The number of fused-ring (bicyclic) bond motifs is 2. The minimum atomic E-state index is -0.122. The van der Waals surface area contributed by atoms with Crippen LogP contribution in [0.4, 0.5) is 0 Å². The van der Waals surface area contributed by atoms with Crippen molar-refractivity contribution < 1.29 is 9.59 Å². The van der Waals surface area contributed by atoms with Crippen molar-refractivity contribution in [2.45, 2.75) is 39.3 Å². The molecule has 3 aromatic carbocycles. The van der Waals surface area contributed by atoms with Gasteiger partial charge in [0.25, 0.3) is 5.91 Å². The third-order valence-electron chi connectivity index (χ3n) is 6.96. The molecule has 0 N–H and O–H groups in total. The molecule has 0 saturated carbocycles. The predicted octanol–water partition coefficient (Wildman–Crippen LogP) is 6.23. The molecule has 0 radical (unpaired) electrons. The summed E-state index contributed by atoms with van der Waals surface area (Å²) < 4.78 is 0. The van der Waals surface area contributed by atoms with Crippen molar-refractivity contribution in [1.29, 1.82) is 0 Å². The molecule has 0 spiro atoms. The van der Waals surface area contributed by atoms with Crippen molar-refractivity contribution in [3.8, 4) is 0 Å². The summed E-state index contributed by atoms with van der Waals surface area (Å²) in [4.78, 5) is 32.4. The molecule has 4 aromatic rings. The Morgan fingerprint density at radius 3 is 2.49 bits per heavy atom. The zero-order valence-electron chi connectivity index (χ0n) is 20.4. The molecule has 2 amide bonds. The first kappa shape index (κ1) is 23.3. The van der Waals surface area contributed by atoms with Gasteiger partial charge in [-0.2, -0.15) is 0 Å². The first-order valence-electron chi connectivity index (χ1n) is 12.1. The van der Waals surface area contributed by atoms with Crippen LogP contribution >= 0.6 is 11.3 Å². The van der Waals surface area contributed by atoms with Crippen molar-refractivity contribution in [2.24, 2.45) is 0 Å². The van der Waals surface area contributed by atoms with Crippen LogP contribution in [0, 0.1) is 6.92 Å². The van der Waals surface area contributed by atoms with E-state index in [0.29, 0.717) is 12.1 Å². The van der Waals surface area contributed by atoms with Gasteiger partial charge >= 0.3 is 0 Å². The topological polar surface area (TPSA) is 40.6 Å². The fourth-order valence-corrected chi connectivity index (χ4v) is 5.93. The smallest absolute Gasteiger partial charge is 0.254 e. The fourth-order valence-electron chi connectivity index (χ4n) is 5.03. The largest absolute Gasteiger partial charge is 0.330 e. The Balaban J connectivity index is 1.44. The average molecular weight is 483 g/mol. The third-order valence-corrected chi connectivity index (χ3v) is 7.95. The second-order valence-electron chi connectivity index (χ2n) is 9.48. The maximum absolute atomic E-state index is 13.8. The van der Waals surface area contributed by atoms with E-state index < -0.39 is 0 Å². The number of aryl methyl sites for hydroxylation is 1. The molecule has 0 saturated heterocycles. The molecular formula is C30H30N2O2S. The van der Waals surface area contributed by atoms with Gasteiger partial charge in [-0.05, 0) is 78.2 Å². The highest BCUT2D eigenvalue weighted by atomic mass is 32.1. The summed E-state index contributed by atoms with van der Waals surface area (Å²) in [5.41, 5.74) is 4.14. The lowest BCUT2D eigenvalue weighted by Gasteiger charge is -2.38. The standard InChI is InChI=1S/C30H30N2O2S/c1-20(2)32(30(34)24-13-12-22-9-5-6-10-23(22)18-24)19-28(33)31-16-14-27-26(15-17-35-27)29(31)25-11-7-4-8-21(25)3/h4-13,15,17-18,20,29H,14,16,19H2,1-3H3. The molecule has 1 aliphatic heterocycles. The number of carbonyl (C=O) groups is 2. The van der Waals surface area contributed by atoms with Gasteiger partial charge in [-0.3, -0.25) is 9.59 Å². The molecule has 178 valence electrons. The summed E-state index contributed by atoms with van der Waals surface area (Å²) in [5, 5.41) is 4.24. The van der Waals surface area contributed by atoms with Gasteiger partial charge in [-0.15, -0.1) is 11.3 Å². The van der Waals surface area contributed by atoms with Crippen LogP contribution in [0.5, 0.6) is 0 Å². The monoisotopic (exact) mass is 482 g/mol. The first-order valence-corrected chi connectivity index (χ1v) is 13.0. The van der Waals surface area contributed by atoms with Crippen LogP contribution in [-0.4, -0.2) is 40.7 Å². The predicted molar refractivity (Wildman–Crippen MR) is 143 cm³/mol. The molecule has 1 aliphatic rings. The molecule has 0 aliphatic carbocycles. The van der Waals surface area contributed by atoms with Gasteiger partial charge in [0.2, 0.25) is 5.91 Å². The van der Waals surface area contributed by atoms with E-state index in [0.717, 1.165) is 22.8 Å². The van der Waals surface area contributed by atoms with E-state index in [1.807, 2.05) is 73.3 Å². The third kappa shape index (κ3) is 4.48. The lowest BCUT2D eigenvalue weighted by atomic mass is 9.90. The fraction of sp³-hybridized carbons (Fsp3) is 0.267. The molecule has 35 heavy (non-hydrogen) atoms. The average Bonchev–Trinajstić information content (AvgIpc) is 3.35. The maximum Gasteiger partial charge on any atom is 0.254 e. The van der Waals surface area contributed by atoms with Gasteiger partial charge in [0.05, 0.1) is 6.04 Å². The Kier molecular flexibility index (Phi) is 6.44. The SMILES string of the molecule is Cc1ccccc1C1c2ccsc2CCN1C(=O)CN(C(=O)c1ccc2ccccc2c1)C(C)C. The molecule has 0 bridgehead atoms. The molecule has 2 heterocycles. The second kappa shape index (κ2) is 9.67. The zero-order chi connectivity index (χ0) is 24.5. The number of hydrogen-bond acceptors (Lipinski definition) is 3. The van der Waals surface area contributed by atoms with Crippen LogP contribution in [0.15, 0.2) is 78.2 Å². The lowest BCUT2D eigenvalue weighted by Crippen LogP contribution is -2.48. The summed E-state index contributed by atoms with van der Waals surface area (Å²) in [7, 11) is 0.